The summed E-state index contributed by atoms with van der Waals surface area (Å²) in [5.41, 5.74) is 3.46. The van der Waals surface area contributed by atoms with Crippen LogP contribution in [0.5, 0.6) is 11.5 Å². The van der Waals surface area contributed by atoms with Crippen LogP contribution in [0.3, 0.4) is 0 Å². The van der Waals surface area contributed by atoms with Crippen molar-refractivity contribution in [2.45, 2.75) is 52.4 Å². The highest BCUT2D eigenvalue weighted by molar-refractivity contribution is 7.80. The zero-order valence-corrected chi connectivity index (χ0v) is 22.9. The Balaban J connectivity index is 1.68. The molecule has 0 unspecified atom stereocenters. The van der Waals surface area contributed by atoms with Crippen molar-refractivity contribution in [3.8, 4) is 11.5 Å². The minimum atomic E-state index is -0.506. The smallest absolute Gasteiger partial charge is 0.270 e. The highest BCUT2D eigenvalue weighted by Gasteiger charge is 2.34. The van der Waals surface area contributed by atoms with Crippen molar-refractivity contribution >= 4 is 40.9 Å². The predicted molar refractivity (Wildman–Crippen MR) is 153 cm³/mol. The maximum atomic E-state index is 13.6. The summed E-state index contributed by atoms with van der Waals surface area (Å²) in [5, 5.41) is 2.71. The number of carbonyl (C=O) groups is 2. The van der Waals surface area contributed by atoms with Gasteiger partial charge in [0.15, 0.2) is 5.11 Å². The SMILES string of the molecule is CC(C)(C)c1cc(/C=C2\C(=O)NC(=S)N(c3ccc(Oc4ccccc4)cc3)C2=O)cc(C(C)(C)C)c1. The van der Waals surface area contributed by atoms with Gasteiger partial charge in [-0.05, 0) is 82.2 Å². The van der Waals surface area contributed by atoms with E-state index in [9.17, 15) is 9.59 Å². The summed E-state index contributed by atoms with van der Waals surface area (Å²) in [4.78, 5) is 27.8. The molecule has 3 aromatic carbocycles. The molecule has 5 nitrogen and oxygen atoms in total. The molecule has 1 aliphatic rings. The van der Waals surface area contributed by atoms with Crippen molar-refractivity contribution < 1.29 is 14.3 Å². The van der Waals surface area contributed by atoms with Crippen molar-refractivity contribution in [1.82, 2.24) is 5.32 Å². The highest BCUT2D eigenvalue weighted by atomic mass is 32.1. The molecule has 4 rings (SSSR count). The van der Waals surface area contributed by atoms with Crippen LogP contribution < -0.4 is 15.0 Å². The maximum absolute atomic E-state index is 13.6. The molecule has 0 radical (unpaired) electrons. The van der Waals surface area contributed by atoms with E-state index >= 15 is 0 Å². The molecule has 6 heteroatoms. The van der Waals surface area contributed by atoms with Gasteiger partial charge in [0.05, 0.1) is 5.69 Å². The number of rotatable bonds is 4. The largest absolute Gasteiger partial charge is 0.457 e. The van der Waals surface area contributed by atoms with Crippen LogP contribution in [0.1, 0.15) is 58.2 Å². The summed E-state index contributed by atoms with van der Waals surface area (Å²) in [6.45, 7) is 12.9. The monoisotopic (exact) mass is 512 g/mol. The number of amides is 2. The van der Waals surface area contributed by atoms with Crippen LogP contribution in [0.2, 0.25) is 0 Å². The molecule has 0 aromatic heterocycles. The lowest BCUT2D eigenvalue weighted by molar-refractivity contribution is -0.122. The average Bonchev–Trinajstić information content (AvgIpc) is 2.82. The van der Waals surface area contributed by atoms with Crippen molar-refractivity contribution in [2.24, 2.45) is 0 Å². The number of anilines is 1. The Morgan fingerprint density at radius 3 is 1.86 bits per heavy atom. The molecule has 0 aliphatic carbocycles. The molecule has 37 heavy (non-hydrogen) atoms. The van der Waals surface area contributed by atoms with Gasteiger partial charge < -0.3 is 4.74 Å². The molecule has 0 atom stereocenters. The summed E-state index contributed by atoms with van der Waals surface area (Å²) in [6.07, 6.45) is 1.66. The maximum Gasteiger partial charge on any atom is 0.270 e. The third kappa shape index (κ3) is 5.97. The average molecular weight is 513 g/mol. The standard InChI is InChI=1S/C31H32N2O3S/c1-30(2,3)21-16-20(17-22(19-21)31(4,5)6)18-26-27(34)32-29(37)33(28(26)35)23-12-14-25(15-13-23)36-24-10-8-7-9-11-24/h7-19H,1-6H3,(H,32,34,37)/b26-18+. The predicted octanol–water partition coefficient (Wildman–Crippen LogP) is 6.91. The lowest BCUT2D eigenvalue weighted by atomic mass is 9.79. The zero-order valence-electron chi connectivity index (χ0n) is 22.1. The van der Waals surface area contributed by atoms with Crippen molar-refractivity contribution in [2.75, 3.05) is 4.90 Å². The van der Waals surface area contributed by atoms with Crippen LogP contribution in [0.25, 0.3) is 6.08 Å². The van der Waals surface area contributed by atoms with Crippen molar-refractivity contribution in [1.29, 1.82) is 0 Å². The highest BCUT2D eigenvalue weighted by Crippen LogP contribution is 2.32. The van der Waals surface area contributed by atoms with Gasteiger partial charge in [-0.3, -0.25) is 19.8 Å². The Labute approximate surface area is 224 Å². The number of carbonyl (C=O) groups excluding carboxylic acids is 2. The van der Waals surface area contributed by atoms with E-state index < -0.39 is 11.8 Å². The number of nitrogens with zero attached hydrogens (tertiary/aromatic N) is 1. The molecule has 1 aliphatic heterocycles. The molecular formula is C31H32N2O3S. The number of ether oxygens (including phenoxy) is 1. The number of nitrogens with one attached hydrogen (secondary N) is 1. The minimum absolute atomic E-state index is 0.0316. The topological polar surface area (TPSA) is 58.6 Å². The molecule has 3 aromatic rings. The van der Waals surface area contributed by atoms with Gasteiger partial charge in [-0.15, -0.1) is 0 Å². The van der Waals surface area contributed by atoms with Crippen LogP contribution in [0.4, 0.5) is 5.69 Å². The second kappa shape index (κ2) is 9.94. The first kappa shape index (κ1) is 26.3. The van der Waals surface area contributed by atoms with Crippen LogP contribution in [-0.2, 0) is 20.4 Å². The molecule has 1 N–H and O–H groups in total. The summed E-state index contributed by atoms with van der Waals surface area (Å²) in [6, 6.07) is 22.7. The lowest BCUT2D eigenvalue weighted by Crippen LogP contribution is -2.54. The van der Waals surface area contributed by atoms with Gasteiger partial charge in [0.25, 0.3) is 11.8 Å². The Morgan fingerprint density at radius 2 is 1.32 bits per heavy atom. The summed E-state index contributed by atoms with van der Waals surface area (Å²) < 4.78 is 5.85. The van der Waals surface area contributed by atoms with Gasteiger partial charge in [0.1, 0.15) is 17.1 Å². The van der Waals surface area contributed by atoms with Gasteiger partial charge >= 0.3 is 0 Å². The number of thiocarbonyl (C=S) groups is 1. The van der Waals surface area contributed by atoms with Crippen molar-refractivity contribution in [3.05, 3.63) is 95.1 Å². The van der Waals surface area contributed by atoms with E-state index in [-0.39, 0.29) is 21.5 Å². The van der Waals surface area contributed by atoms with Gasteiger partial charge in [-0.25, -0.2) is 0 Å². The van der Waals surface area contributed by atoms with Crippen LogP contribution in [0.15, 0.2) is 78.4 Å². The van der Waals surface area contributed by atoms with Gasteiger partial charge in [0, 0.05) is 0 Å². The second-order valence-corrected chi connectivity index (χ2v) is 11.6. The van der Waals surface area contributed by atoms with E-state index in [0.29, 0.717) is 17.2 Å². The quantitative estimate of drug-likeness (QED) is 0.235. The summed E-state index contributed by atoms with van der Waals surface area (Å²) in [5.74, 6) is 0.362. The van der Waals surface area contributed by atoms with E-state index in [1.807, 2.05) is 42.5 Å². The molecular weight excluding hydrogens is 480 g/mol. The zero-order chi connectivity index (χ0) is 27.0. The summed E-state index contributed by atoms with van der Waals surface area (Å²) in [7, 11) is 0. The molecule has 0 bridgehead atoms. The van der Waals surface area contributed by atoms with Crippen LogP contribution in [0, 0.1) is 0 Å². The van der Waals surface area contributed by atoms with E-state index in [4.69, 9.17) is 17.0 Å². The Bertz CT molecular complexity index is 1350. The van der Waals surface area contributed by atoms with Crippen molar-refractivity contribution in [3.63, 3.8) is 0 Å². The number of benzene rings is 3. The van der Waals surface area contributed by atoms with Gasteiger partial charge in [-0.1, -0.05) is 77.9 Å². The Kier molecular flexibility index (Phi) is 7.07. The second-order valence-electron chi connectivity index (χ2n) is 11.2. The Morgan fingerprint density at radius 1 is 0.784 bits per heavy atom. The molecule has 1 heterocycles. The van der Waals surface area contributed by atoms with Crippen LogP contribution >= 0.6 is 12.2 Å². The molecule has 0 spiro atoms. The van der Waals surface area contributed by atoms with E-state index in [1.54, 1.807) is 30.3 Å². The first-order valence-corrected chi connectivity index (χ1v) is 12.6. The molecule has 1 fully saturated rings. The lowest BCUT2D eigenvalue weighted by Gasteiger charge is -2.29. The molecule has 2 amide bonds. The minimum Gasteiger partial charge on any atom is -0.457 e. The van der Waals surface area contributed by atoms with Gasteiger partial charge in [-0.2, -0.15) is 0 Å². The first-order chi connectivity index (χ1) is 17.3. The van der Waals surface area contributed by atoms with Gasteiger partial charge in [0.2, 0.25) is 0 Å². The fraction of sp³-hybridized carbons (Fsp3) is 0.258. The number of hydrogen-bond donors (Lipinski definition) is 1. The normalized spacial score (nSPS) is 15.7. The third-order valence-electron chi connectivity index (χ3n) is 6.17. The molecule has 1 saturated heterocycles. The summed E-state index contributed by atoms with van der Waals surface area (Å²) >= 11 is 5.37. The van der Waals surface area contributed by atoms with E-state index in [1.165, 1.54) is 4.90 Å². The van der Waals surface area contributed by atoms with E-state index in [2.05, 4.69) is 52.9 Å². The number of para-hydroxylation sites is 1. The fourth-order valence-electron chi connectivity index (χ4n) is 3.95. The molecule has 190 valence electrons. The fourth-order valence-corrected chi connectivity index (χ4v) is 4.23. The Hall–Kier alpha value is -3.77. The van der Waals surface area contributed by atoms with Crippen LogP contribution in [-0.4, -0.2) is 16.9 Å². The third-order valence-corrected chi connectivity index (χ3v) is 6.46. The molecule has 0 saturated carbocycles. The van der Waals surface area contributed by atoms with E-state index in [0.717, 1.165) is 16.7 Å². The first-order valence-electron chi connectivity index (χ1n) is 12.2. The number of hydrogen-bond acceptors (Lipinski definition) is 4.